The van der Waals surface area contributed by atoms with Crippen molar-refractivity contribution in [3.63, 3.8) is 0 Å². The first-order chi connectivity index (χ1) is 6.52. The van der Waals surface area contributed by atoms with Crippen molar-refractivity contribution in [2.75, 3.05) is 13.6 Å². The van der Waals surface area contributed by atoms with Gasteiger partial charge >= 0.3 is 0 Å². The lowest BCUT2D eigenvalue weighted by Gasteiger charge is -2.23. The second-order valence-corrected chi connectivity index (χ2v) is 4.13. The third-order valence-corrected chi connectivity index (χ3v) is 2.58. The van der Waals surface area contributed by atoms with Crippen LogP contribution < -0.4 is 5.73 Å². The van der Waals surface area contributed by atoms with Crippen molar-refractivity contribution in [2.24, 2.45) is 11.7 Å². The van der Waals surface area contributed by atoms with Gasteiger partial charge in [0.15, 0.2) is 0 Å². The van der Waals surface area contributed by atoms with Gasteiger partial charge in [0.1, 0.15) is 0 Å². The van der Waals surface area contributed by atoms with Gasteiger partial charge in [0.2, 0.25) is 5.91 Å². The van der Waals surface area contributed by atoms with E-state index in [1.54, 1.807) is 4.90 Å². The Kier molecular flexibility index (Phi) is 6.54. The Morgan fingerprint density at radius 1 is 1.43 bits per heavy atom. The number of nitrogens with two attached hydrogens (primary N) is 1. The van der Waals surface area contributed by atoms with E-state index in [2.05, 4.69) is 13.8 Å². The van der Waals surface area contributed by atoms with Crippen LogP contribution in [0.4, 0.5) is 0 Å². The number of nitrogens with zero attached hydrogens (tertiary/aromatic N) is 1. The van der Waals surface area contributed by atoms with Crippen LogP contribution in [0.15, 0.2) is 0 Å². The highest BCUT2D eigenvalue weighted by Crippen LogP contribution is 2.05. The molecular weight excluding hydrogens is 176 g/mol. The van der Waals surface area contributed by atoms with E-state index in [0.717, 1.165) is 25.8 Å². The molecular formula is C11H24N2O. The van der Waals surface area contributed by atoms with Crippen molar-refractivity contribution in [2.45, 2.75) is 46.1 Å². The average Bonchev–Trinajstić information content (AvgIpc) is 2.16. The smallest absolute Gasteiger partial charge is 0.239 e. The molecule has 0 rings (SSSR count). The summed E-state index contributed by atoms with van der Waals surface area (Å²) in [5.41, 5.74) is 5.75. The molecule has 0 aliphatic carbocycles. The first-order valence-corrected chi connectivity index (χ1v) is 5.53. The SMILES string of the molecule is CCCC(N)C(=O)N(C)CC(C)CC. The minimum absolute atomic E-state index is 0.0761. The van der Waals surface area contributed by atoms with Gasteiger partial charge in [-0.3, -0.25) is 4.79 Å². The number of carbonyl (C=O) groups is 1. The summed E-state index contributed by atoms with van der Waals surface area (Å²) in [6.45, 7) is 7.14. The Labute approximate surface area is 87.6 Å². The predicted molar refractivity (Wildman–Crippen MR) is 60.0 cm³/mol. The molecule has 84 valence electrons. The third kappa shape index (κ3) is 4.61. The fraction of sp³-hybridized carbons (Fsp3) is 0.909. The quantitative estimate of drug-likeness (QED) is 0.708. The summed E-state index contributed by atoms with van der Waals surface area (Å²) in [7, 11) is 1.84. The maximum absolute atomic E-state index is 11.7. The fourth-order valence-electron chi connectivity index (χ4n) is 1.40. The predicted octanol–water partition coefficient (Wildman–Crippen LogP) is 1.62. The monoisotopic (exact) mass is 200 g/mol. The van der Waals surface area contributed by atoms with Crippen LogP contribution in [0.1, 0.15) is 40.0 Å². The molecule has 0 saturated carbocycles. The molecule has 0 aromatic heterocycles. The van der Waals surface area contributed by atoms with Crippen molar-refractivity contribution >= 4 is 5.91 Å². The van der Waals surface area contributed by atoms with E-state index in [9.17, 15) is 4.79 Å². The van der Waals surface area contributed by atoms with Crippen molar-refractivity contribution < 1.29 is 4.79 Å². The topological polar surface area (TPSA) is 46.3 Å². The van der Waals surface area contributed by atoms with Crippen molar-refractivity contribution in [1.82, 2.24) is 4.90 Å². The Bertz CT molecular complexity index is 171. The highest BCUT2D eigenvalue weighted by molar-refractivity contribution is 5.81. The molecule has 0 aromatic carbocycles. The Morgan fingerprint density at radius 3 is 2.43 bits per heavy atom. The minimum atomic E-state index is -0.311. The zero-order valence-electron chi connectivity index (χ0n) is 9.92. The molecule has 0 saturated heterocycles. The van der Waals surface area contributed by atoms with Gasteiger partial charge in [0, 0.05) is 13.6 Å². The van der Waals surface area contributed by atoms with Crippen molar-refractivity contribution in [1.29, 1.82) is 0 Å². The van der Waals surface area contributed by atoms with Crippen LogP contribution in [-0.2, 0) is 4.79 Å². The van der Waals surface area contributed by atoms with Crippen LogP contribution in [0, 0.1) is 5.92 Å². The molecule has 0 aromatic rings. The Hall–Kier alpha value is -0.570. The van der Waals surface area contributed by atoms with E-state index in [1.165, 1.54) is 0 Å². The van der Waals surface area contributed by atoms with E-state index in [1.807, 2.05) is 14.0 Å². The maximum atomic E-state index is 11.7. The van der Waals surface area contributed by atoms with Gasteiger partial charge < -0.3 is 10.6 Å². The highest BCUT2D eigenvalue weighted by atomic mass is 16.2. The molecule has 3 nitrogen and oxygen atoms in total. The zero-order chi connectivity index (χ0) is 11.1. The Morgan fingerprint density at radius 2 is 2.00 bits per heavy atom. The number of carbonyl (C=O) groups excluding carboxylic acids is 1. The summed E-state index contributed by atoms with van der Waals surface area (Å²) in [5, 5.41) is 0. The lowest BCUT2D eigenvalue weighted by Crippen LogP contribution is -2.43. The molecule has 0 fully saturated rings. The molecule has 0 radical (unpaired) electrons. The minimum Gasteiger partial charge on any atom is -0.344 e. The average molecular weight is 200 g/mol. The van der Waals surface area contributed by atoms with Gasteiger partial charge in [-0.25, -0.2) is 0 Å². The van der Waals surface area contributed by atoms with Gasteiger partial charge in [-0.05, 0) is 12.3 Å². The molecule has 1 amide bonds. The van der Waals surface area contributed by atoms with Gasteiger partial charge in [0.05, 0.1) is 6.04 Å². The van der Waals surface area contributed by atoms with Gasteiger partial charge in [-0.2, -0.15) is 0 Å². The van der Waals surface area contributed by atoms with Crippen LogP contribution in [0.2, 0.25) is 0 Å². The van der Waals surface area contributed by atoms with Crippen LogP contribution in [0.3, 0.4) is 0 Å². The van der Waals surface area contributed by atoms with E-state index in [0.29, 0.717) is 5.92 Å². The number of hydrogen-bond donors (Lipinski definition) is 1. The summed E-state index contributed by atoms with van der Waals surface area (Å²) in [6.07, 6.45) is 2.84. The summed E-state index contributed by atoms with van der Waals surface area (Å²) in [4.78, 5) is 13.4. The normalized spacial score (nSPS) is 14.9. The lowest BCUT2D eigenvalue weighted by atomic mass is 10.1. The maximum Gasteiger partial charge on any atom is 0.239 e. The lowest BCUT2D eigenvalue weighted by molar-refractivity contribution is -0.131. The largest absolute Gasteiger partial charge is 0.344 e. The van der Waals surface area contributed by atoms with Gasteiger partial charge in [-0.15, -0.1) is 0 Å². The number of likely N-dealkylation sites (N-methyl/N-ethyl adjacent to an activating group) is 1. The van der Waals surface area contributed by atoms with Crippen LogP contribution in [0.5, 0.6) is 0 Å². The number of hydrogen-bond acceptors (Lipinski definition) is 2. The molecule has 0 spiro atoms. The Balaban J connectivity index is 3.98. The molecule has 2 atom stereocenters. The molecule has 0 aliphatic heterocycles. The standard InChI is InChI=1S/C11H24N2O/c1-5-7-10(12)11(14)13(4)8-9(3)6-2/h9-10H,5-8,12H2,1-4H3. The van der Waals surface area contributed by atoms with E-state index < -0.39 is 0 Å². The molecule has 0 bridgehead atoms. The fourth-order valence-corrected chi connectivity index (χ4v) is 1.40. The zero-order valence-corrected chi connectivity index (χ0v) is 9.92. The third-order valence-electron chi connectivity index (χ3n) is 2.58. The number of amides is 1. The molecule has 2 N–H and O–H groups in total. The first-order valence-electron chi connectivity index (χ1n) is 5.53. The van der Waals surface area contributed by atoms with E-state index in [4.69, 9.17) is 5.73 Å². The molecule has 0 aliphatic rings. The van der Waals surface area contributed by atoms with Crippen LogP contribution in [0.25, 0.3) is 0 Å². The van der Waals surface area contributed by atoms with Crippen LogP contribution >= 0.6 is 0 Å². The van der Waals surface area contributed by atoms with Gasteiger partial charge in [-0.1, -0.05) is 33.6 Å². The highest BCUT2D eigenvalue weighted by Gasteiger charge is 2.17. The summed E-state index contributed by atoms with van der Waals surface area (Å²) in [6, 6.07) is -0.311. The van der Waals surface area contributed by atoms with E-state index in [-0.39, 0.29) is 11.9 Å². The molecule has 14 heavy (non-hydrogen) atoms. The van der Waals surface area contributed by atoms with Gasteiger partial charge in [0.25, 0.3) is 0 Å². The first kappa shape index (κ1) is 13.4. The second-order valence-electron chi connectivity index (χ2n) is 4.13. The molecule has 3 heteroatoms. The summed E-state index contributed by atoms with van der Waals surface area (Å²) < 4.78 is 0. The second kappa shape index (κ2) is 6.82. The van der Waals surface area contributed by atoms with E-state index >= 15 is 0 Å². The summed E-state index contributed by atoms with van der Waals surface area (Å²) >= 11 is 0. The number of rotatable bonds is 6. The molecule has 2 unspecified atom stereocenters. The molecule has 0 heterocycles. The summed E-state index contributed by atoms with van der Waals surface area (Å²) in [5.74, 6) is 0.630. The van der Waals surface area contributed by atoms with Crippen molar-refractivity contribution in [3.8, 4) is 0 Å². The van der Waals surface area contributed by atoms with Crippen LogP contribution in [-0.4, -0.2) is 30.4 Å². The van der Waals surface area contributed by atoms with Crippen molar-refractivity contribution in [3.05, 3.63) is 0 Å².